The highest BCUT2D eigenvalue weighted by Gasteiger charge is 2.55. The number of benzene rings is 3. The maximum absolute atomic E-state index is 2.72. The predicted molar refractivity (Wildman–Crippen MR) is 141 cm³/mol. The van der Waals surface area contributed by atoms with Gasteiger partial charge in [-0.15, -0.1) is 0 Å². The zero-order valence-electron chi connectivity index (χ0n) is 20.6. The third-order valence-corrected chi connectivity index (χ3v) is 12.1. The molecule has 8 saturated carbocycles. The summed E-state index contributed by atoms with van der Waals surface area (Å²) in [5.74, 6) is 6.01. The van der Waals surface area contributed by atoms with Crippen molar-refractivity contribution in [1.82, 2.24) is 0 Å². The summed E-state index contributed by atoms with van der Waals surface area (Å²) in [6.07, 6.45) is 18.1. The molecule has 34 heavy (non-hydrogen) atoms. The van der Waals surface area contributed by atoms with Gasteiger partial charge in [0.25, 0.3) is 0 Å². The summed E-state index contributed by atoms with van der Waals surface area (Å²) in [6, 6.07) is 19.6. The molecular weight excluding hydrogens is 408 g/mol. The van der Waals surface area contributed by atoms with Crippen LogP contribution in [0.3, 0.4) is 0 Å². The van der Waals surface area contributed by atoms with Gasteiger partial charge in [0.1, 0.15) is 0 Å². The highest BCUT2D eigenvalue weighted by molar-refractivity contribution is 6.10. The van der Waals surface area contributed by atoms with E-state index in [1.807, 2.05) is 0 Å². The van der Waals surface area contributed by atoms with Gasteiger partial charge < -0.3 is 0 Å². The fourth-order valence-corrected chi connectivity index (χ4v) is 11.9. The lowest BCUT2D eigenvalue weighted by Gasteiger charge is -2.59. The third kappa shape index (κ3) is 2.51. The SMILES string of the molecule is c1ccc2c(c1)cc(C13CC4CC(CC(C4)C1)C3)c1c(C34CC5CC(CC(C5)C3)C4)cccc12. The van der Waals surface area contributed by atoms with Crippen molar-refractivity contribution in [2.45, 2.75) is 87.9 Å². The number of hydrogen-bond acceptors (Lipinski definition) is 0. The van der Waals surface area contributed by atoms with Crippen molar-refractivity contribution in [3.8, 4) is 0 Å². The first-order valence-electron chi connectivity index (χ1n) is 14.6. The van der Waals surface area contributed by atoms with Crippen molar-refractivity contribution in [2.24, 2.45) is 35.5 Å². The van der Waals surface area contributed by atoms with Crippen LogP contribution in [0.5, 0.6) is 0 Å². The molecule has 3 aromatic carbocycles. The molecule has 0 aromatic heterocycles. The molecule has 0 unspecified atom stereocenters. The van der Waals surface area contributed by atoms with Crippen molar-refractivity contribution in [3.63, 3.8) is 0 Å². The highest BCUT2D eigenvalue weighted by atomic mass is 14.6. The molecule has 0 atom stereocenters. The first kappa shape index (κ1) is 19.4. The van der Waals surface area contributed by atoms with Gasteiger partial charge in [0.2, 0.25) is 0 Å². The standard InChI is InChI=1S/C34H38/c1-2-5-28-27(4-1)14-31(34-18-24-11-25(19-34)13-26(12-24)20-34)32-29(28)6-3-7-30(32)33-15-21-8-22(16-33)10-23(9-21)17-33/h1-7,14,21-26H,8-13,15-20H2. The average molecular weight is 447 g/mol. The molecule has 0 nitrogen and oxygen atoms in total. The second-order valence-corrected chi connectivity index (χ2v) is 14.3. The lowest BCUT2D eigenvalue weighted by molar-refractivity contribution is -0.00675. The van der Waals surface area contributed by atoms with Gasteiger partial charge in [0.05, 0.1) is 0 Å². The quantitative estimate of drug-likeness (QED) is 0.345. The molecule has 174 valence electrons. The van der Waals surface area contributed by atoms with Crippen LogP contribution in [0.4, 0.5) is 0 Å². The molecule has 8 aliphatic rings. The normalized spacial score (nSPS) is 43.9. The molecule has 3 aromatic rings. The lowest BCUT2D eigenvalue weighted by atomic mass is 9.46. The van der Waals surface area contributed by atoms with Crippen LogP contribution in [0, 0.1) is 35.5 Å². The van der Waals surface area contributed by atoms with E-state index >= 15 is 0 Å². The van der Waals surface area contributed by atoms with E-state index in [-0.39, 0.29) is 0 Å². The van der Waals surface area contributed by atoms with Crippen LogP contribution in [0.1, 0.15) is 88.2 Å². The summed E-state index contributed by atoms with van der Waals surface area (Å²) in [5, 5.41) is 6.31. The molecule has 0 saturated heterocycles. The van der Waals surface area contributed by atoms with E-state index in [2.05, 4.69) is 48.5 Å². The van der Waals surface area contributed by atoms with E-state index in [0.29, 0.717) is 10.8 Å². The van der Waals surface area contributed by atoms with Crippen molar-refractivity contribution in [3.05, 3.63) is 59.7 Å². The van der Waals surface area contributed by atoms with Crippen molar-refractivity contribution >= 4 is 21.5 Å². The molecule has 11 rings (SSSR count). The van der Waals surface area contributed by atoms with Crippen LogP contribution in [-0.4, -0.2) is 0 Å². The first-order chi connectivity index (χ1) is 16.7. The largest absolute Gasteiger partial charge is 0.0616 e. The summed E-state index contributed by atoms with van der Waals surface area (Å²) in [4.78, 5) is 0. The topological polar surface area (TPSA) is 0 Å². The van der Waals surface area contributed by atoms with Gasteiger partial charge in [-0.05, 0) is 162 Å². The summed E-state index contributed by atoms with van der Waals surface area (Å²) in [7, 11) is 0. The maximum atomic E-state index is 2.72. The minimum Gasteiger partial charge on any atom is -0.0616 e. The molecule has 0 N–H and O–H groups in total. The van der Waals surface area contributed by atoms with E-state index in [1.54, 1.807) is 21.9 Å². The zero-order chi connectivity index (χ0) is 22.1. The zero-order valence-corrected chi connectivity index (χ0v) is 20.6. The maximum Gasteiger partial charge on any atom is -0.00326 e. The Morgan fingerprint density at radius 2 is 0.941 bits per heavy atom. The first-order valence-corrected chi connectivity index (χ1v) is 14.6. The molecule has 0 amide bonds. The fraction of sp³-hybridized carbons (Fsp3) is 0.588. The minimum atomic E-state index is 0.454. The Balaban J connectivity index is 1.35. The van der Waals surface area contributed by atoms with E-state index in [1.165, 1.54) is 87.8 Å². The molecule has 8 bridgehead atoms. The van der Waals surface area contributed by atoms with Gasteiger partial charge in [-0.1, -0.05) is 42.5 Å². The summed E-state index contributed by atoms with van der Waals surface area (Å²) >= 11 is 0. The van der Waals surface area contributed by atoms with Gasteiger partial charge >= 0.3 is 0 Å². The second kappa shape index (κ2) is 6.48. The van der Waals surface area contributed by atoms with Gasteiger partial charge in [-0.3, -0.25) is 0 Å². The van der Waals surface area contributed by atoms with Crippen molar-refractivity contribution in [1.29, 1.82) is 0 Å². The van der Waals surface area contributed by atoms with Gasteiger partial charge in [-0.25, -0.2) is 0 Å². The monoisotopic (exact) mass is 446 g/mol. The van der Waals surface area contributed by atoms with Crippen LogP contribution in [0.2, 0.25) is 0 Å². The van der Waals surface area contributed by atoms with E-state index in [9.17, 15) is 0 Å². The summed E-state index contributed by atoms with van der Waals surface area (Å²) in [5.41, 5.74) is 4.51. The molecule has 0 radical (unpaired) electrons. The van der Waals surface area contributed by atoms with Gasteiger partial charge in [-0.2, -0.15) is 0 Å². The predicted octanol–water partition coefficient (Wildman–Crippen LogP) is 8.93. The van der Waals surface area contributed by atoms with Crippen LogP contribution >= 0.6 is 0 Å². The van der Waals surface area contributed by atoms with Crippen molar-refractivity contribution < 1.29 is 0 Å². The van der Waals surface area contributed by atoms with Crippen LogP contribution < -0.4 is 0 Å². The highest BCUT2D eigenvalue weighted by Crippen LogP contribution is 2.65. The molecular formula is C34H38. The lowest BCUT2D eigenvalue weighted by Crippen LogP contribution is -2.50. The Kier molecular flexibility index (Phi) is 3.70. The Labute approximate surface area is 204 Å². The fourth-order valence-electron chi connectivity index (χ4n) is 11.9. The van der Waals surface area contributed by atoms with Crippen LogP contribution in [0.25, 0.3) is 21.5 Å². The smallest absolute Gasteiger partial charge is 0.00326 e. The molecule has 0 heteroatoms. The molecule has 0 aliphatic heterocycles. The third-order valence-electron chi connectivity index (χ3n) is 12.1. The number of fused-ring (bicyclic) bond motifs is 3. The van der Waals surface area contributed by atoms with Crippen LogP contribution in [-0.2, 0) is 10.8 Å². The van der Waals surface area contributed by atoms with Crippen molar-refractivity contribution in [2.75, 3.05) is 0 Å². The molecule has 0 heterocycles. The Bertz CT molecular complexity index is 1250. The average Bonchev–Trinajstić information content (AvgIpc) is 2.81. The molecule has 8 fully saturated rings. The summed E-state index contributed by atoms with van der Waals surface area (Å²) < 4.78 is 0. The Morgan fingerprint density at radius 1 is 0.471 bits per heavy atom. The Morgan fingerprint density at radius 3 is 1.50 bits per heavy atom. The number of rotatable bonds is 2. The Hall–Kier alpha value is -1.82. The van der Waals surface area contributed by atoms with E-state index in [0.717, 1.165) is 35.5 Å². The van der Waals surface area contributed by atoms with Crippen LogP contribution in [0.15, 0.2) is 48.5 Å². The second-order valence-electron chi connectivity index (χ2n) is 14.3. The molecule has 0 spiro atoms. The van der Waals surface area contributed by atoms with Gasteiger partial charge in [0.15, 0.2) is 0 Å². The van der Waals surface area contributed by atoms with Gasteiger partial charge in [0, 0.05) is 0 Å². The minimum absolute atomic E-state index is 0.454. The summed E-state index contributed by atoms with van der Waals surface area (Å²) in [6.45, 7) is 0. The van der Waals surface area contributed by atoms with E-state index in [4.69, 9.17) is 0 Å². The molecule has 8 aliphatic carbocycles. The number of hydrogen-bond donors (Lipinski definition) is 0. The van der Waals surface area contributed by atoms with E-state index < -0.39 is 0 Å².